The number of ether oxygens (including phenoxy) is 2. The Balaban J connectivity index is 0.000000786. The molecular formula is C49H66Br2Cl2F3NO8. The largest absolute Gasteiger partial charge is 0.482 e. The Morgan fingerprint density at radius 1 is 0.662 bits per heavy atom. The van der Waals surface area contributed by atoms with Gasteiger partial charge in [0.1, 0.15) is 11.4 Å². The zero-order chi connectivity index (χ0) is 48.8. The van der Waals surface area contributed by atoms with Gasteiger partial charge in [-0.15, -0.1) is 0 Å². The van der Waals surface area contributed by atoms with Gasteiger partial charge in [-0.05, 0) is 145 Å². The molecule has 364 valence electrons. The van der Waals surface area contributed by atoms with Crippen LogP contribution >= 0.6 is 55.1 Å². The quantitative estimate of drug-likeness (QED) is 0.0435. The van der Waals surface area contributed by atoms with Crippen molar-refractivity contribution in [2.45, 2.75) is 141 Å². The number of hydrogen-bond donors (Lipinski definition) is 2. The Morgan fingerprint density at radius 3 is 1.55 bits per heavy atom. The summed E-state index contributed by atoms with van der Waals surface area (Å²) in [6.07, 6.45) is 2.59. The van der Waals surface area contributed by atoms with Crippen molar-refractivity contribution < 1.29 is 52.0 Å². The molecule has 3 rings (SSSR count). The number of Topliss-reactive ketones (excluding diaryl/α,β-unsaturated/α-hetero) is 1. The van der Waals surface area contributed by atoms with Crippen LogP contribution in [0.3, 0.4) is 0 Å². The van der Waals surface area contributed by atoms with Gasteiger partial charge in [0.05, 0.1) is 0 Å². The van der Waals surface area contributed by atoms with E-state index in [0.717, 1.165) is 91.8 Å². The van der Waals surface area contributed by atoms with Crippen molar-refractivity contribution in [1.29, 1.82) is 0 Å². The molecule has 0 aliphatic carbocycles. The summed E-state index contributed by atoms with van der Waals surface area (Å²) in [4.78, 5) is 46.0. The van der Waals surface area contributed by atoms with Gasteiger partial charge in [0.15, 0.2) is 6.10 Å². The number of esters is 1. The number of rotatable bonds is 27. The average Bonchev–Trinajstić information content (AvgIpc) is 3.23. The lowest BCUT2D eigenvalue weighted by Crippen LogP contribution is -2.38. The van der Waals surface area contributed by atoms with Gasteiger partial charge < -0.3 is 24.6 Å². The number of carbonyl (C=O) groups excluding carboxylic acids is 2. The molecule has 1 unspecified atom stereocenters. The molecule has 0 aromatic heterocycles. The molecule has 0 fully saturated rings. The number of hydrogen-bond acceptors (Lipinski definition) is 7. The van der Waals surface area contributed by atoms with Crippen LogP contribution in [0.5, 0.6) is 5.75 Å². The molecule has 3 aromatic carbocycles. The summed E-state index contributed by atoms with van der Waals surface area (Å²) in [7, 11) is 2.06. The summed E-state index contributed by atoms with van der Waals surface area (Å²) in [5.41, 5.74) is 2.96. The fourth-order valence-electron chi connectivity index (χ4n) is 6.34. The highest BCUT2D eigenvalue weighted by atomic mass is 79.9. The standard InChI is InChI=1S/C33H36Cl2F3NO4.C10H19BrO2.C6H11BrO2/c1-39(22-29(24-11-15-26(34)16-12-24)25-13-17-27(35)18-14-25)21-5-6-23-9-19-28(20-10-23)43-30(32(42)33(36,37)38)7-3-2-4-8-31(40)41;1-10(2,3)13-9(12)7-5-4-6-8-11;7-5-3-1-2-4-6(8)9/h9-20,29-30H,2-8,21-22H2,1H3,(H,40,41);4-8H2,1-3H3;1-5H2,(H,8,9). The Labute approximate surface area is 410 Å². The number of carboxylic acids is 2. The van der Waals surface area contributed by atoms with E-state index in [1.165, 1.54) is 0 Å². The van der Waals surface area contributed by atoms with Gasteiger partial charge in [0.2, 0.25) is 0 Å². The van der Waals surface area contributed by atoms with Crippen LogP contribution in [0, 0.1) is 0 Å². The molecule has 9 nitrogen and oxygen atoms in total. The Kier molecular flexibility index (Phi) is 30.7. The van der Waals surface area contributed by atoms with E-state index >= 15 is 0 Å². The monoisotopic (exact) mass is 1080 g/mol. The topological polar surface area (TPSA) is 130 Å². The third kappa shape index (κ3) is 30.0. The molecule has 0 amide bonds. The fourth-order valence-corrected chi connectivity index (χ4v) is 7.38. The average molecular weight is 1080 g/mol. The second kappa shape index (κ2) is 33.3. The summed E-state index contributed by atoms with van der Waals surface area (Å²) >= 11 is 18.8. The van der Waals surface area contributed by atoms with Crippen LogP contribution in [0.2, 0.25) is 10.0 Å². The molecule has 2 N–H and O–H groups in total. The summed E-state index contributed by atoms with van der Waals surface area (Å²) in [5, 5.41) is 20.3. The van der Waals surface area contributed by atoms with Gasteiger partial charge in [-0.3, -0.25) is 19.2 Å². The first-order chi connectivity index (χ1) is 30.6. The first-order valence-corrected chi connectivity index (χ1v) is 25.0. The number of ketones is 1. The van der Waals surface area contributed by atoms with Crippen molar-refractivity contribution in [3.63, 3.8) is 0 Å². The molecule has 65 heavy (non-hydrogen) atoms. The molecule has 0 spiro atoms. The predicted molar refractivity (Wildman–Crippen MR) is 261 cm³/mol. The molecular weight excluding hydrogens is 1020 g/mol. The Hall–Kier alpha value is -3.17. The van der Waals surface area contributed by atoms with Gasteiger partial charge in [0.25, 0.3) is 5.78 Å². The second-order valence-electron chi connectivity index (χ2n) is 16.6. The number of carbonyl (C=O) groups is 4. The number of aryl methyl sites for hydroxylation is 1. The molecule has 0 heterocycles. The van der Waals surface area contributed by atoms with Crippen LogP contribution in [0.1, 0.15) is 133 Å². The molecule has 0 bridgehead atoms. The Bertz CT molecular complexity index is 1750. The maximum Gasteiger partial charge on any atom is 0.453 e. The number of carboxylic acid groups (broad SMARTS) is 2. The lowest BCUT2D eigenvalue weighted by atomic mass is 9.91. The van der Waals surface area contributed by atoms with Crippen molar-refractivity contribution in [3.05, 3.63) is 99.5 Å². The van der Waals surface area contributed by atoms with Crippen LogP contribution in [0.4, 0.5) is 13.2 Å². The Morgan fingerprint density at radius 2 is 1.12 bits per heavy atom. The van der Waals surface area contributed by atoms with Gasteiger partial charge in [0, 0.05) is 52.4 Å². The van der Waals surface area contributed by atoms with E-state index in [1.807, 2.05) is 69.3 Å². The van der Waals surface area contributed by atoms with E-state index in [4.69, 9.17) is 42.9 Å². The van der Waals surface area contributed by atoms with E-state index in [0.29, 0.717) is 35.7 Å². The maximum absolute atomic E-state index is 13.1. The minimum absolute atomic E-state index is 0.0682. The van der Waals surface area contributed by atoms with Crippen molar-refractivity contribution in [1.82, 2.24) is 4.90 Å². The molecule has 0 saturated heterocycles. The first kappa shape index (κ1) is 59.8. The van der Waals surface area contributed by atoms with E-state index in [-0.39, 0.29) is 42.5 Å². The van der Waals surface area contributed by atoms with Gasteiger partial charge in [-0.25, -0.2) is 0 Å². The van der Waals surface area contributed by atoms with E-state index < -0.39 is 30.0 Å². The van der Waals surface area contributed by atoms with Crippen molar-refractivity contribution in [2.75, 3.05) is 30.8 Å². The number of benzene rings is 3. The highest BCUT2D eigenvalue weighted by molar-refractivity contribution is 9.09. The minimum atomic E-state index is -5.02. The molecule has 0 aliphatic heterocycles. The number of alkyl halides is 5. The lowest BCUT2D eigenvalue weighted by molar-refractivity contribution is -0.178. The highest BCUT2D eigenvalue weighted by Crippen LogP contribution is 2.29. The number of unbranched alkanes of at least 4 members (excludes halogenated alkanes) is 6. The summed E-state index contributed by atoms with van der Waals surface area (Å²) in [5.74, 6) is -3.37. The van der Waals surface area contributed by atoms with E-state index in [2.05, 4.69) is 43.8 Å². The maximum atomic E-state index is 13.1. The normalized spacial score (nSPS) is 11.8. The third-order valence-electron chi connectivity index (χ3n) is 9.63. The predicted octanol–water partition coefficient (Wildman–Crippen LogP) is 13.9. The third-order valence-corrected chi connectivity index (χ3v) is 11.3. The van der Waals surface area contributed by atoms with Gasteiger partial charge >= 0.3 is 24.1 Å². The van der Waals surface area contributed by atoms with Gasteiger partial charge in [-0.2, -0.15) is 13.2 Å². The van der Waals surface area contributed by atoms with Crippen LogP contribution < -0.4 is 4.74 Å². The second-order valence-corrected chi connectivity index (χ2v) is 19.1. The zero-order valence-electron chi connectivity index (χ0n) is 38.0. The molecule has 16 heteroatoms. The molecule has 1 atom stereocenters. The highest BCUT2D eigenvalue weighted by Gasteiger charge is 2.44. The molecule has 0 saturated carbocycles. The smallest absolute Gasteiger partial charge is 0.453 e. The minimum Gasteiger partial charge on any atom is -0.482 e. The summed E-state index contributed by atoms with van der Waals surface area (Å²) < 4.78 is 50.0. The summed E-state index contributed by atoms with van der Waals surface area (Å²) in [6, 6.07) is 22.4. The number of halogens is 7. The number of likely N-dealkylation sites (N-methyl/N-ethyl adjacent to an activating group) is 1. The van der Waals surface area contributed by atoms with Crippen LogP contribution in [-0.4, -0.2) is 87.5 Å². The number of aliphatic carboxylic acids is 2. The van der Waals surface area contributed by atoms with Crippen LogP contribution in [0.15, 0.2) is 72.8 Å². The van der Waals surface area contributed by atoms with E-state index in [1.54, 1.807) is 24.3 Å². The van der Waals surface area contributed by atoms with Crippen molar-refractivity contribution in [3.8, 4) is 5.75 Å². The fraction of sp³-hybridized carbons (Fsp3) is 0.551. The molecule has 0 radical (unpaired) electrons. The summed E-state index contributed by atoms with van der Waals surface area (Å²) in [6.45, 7) is 7.27. The van der Waals surface area contributed by atoms with Gasteiger partial charge in [-0.1, -0.05) is 111 Å². The molecule has 3 aromatic rings. The van der Waals surface area contributed by atoms with E-state index in [9.17, 15) is 32.3 Å². The number of nitrogens with zero attached hydrogens (tertiary/aromatic N) is 1. The van der Waals surface area contributed by atoms with Crippen LogP contribution in [-0.2, 0) is 30.3 Å². The molecule has 0 aliphatic rings. The van der Waals surface area contributed by atoms with Crippen LogP contribution in [0.25, 0.3) is 0 Å². The first-order valence-electron chi connectivity index (χ1n) is 22.0. The van der Waals surface area contributed by atoms with Crippen molar-refractivity contribution in [2.24, 2.45) is 0 Å². The van der Waals surface area contributed by atoms with Crippen molar-refractivity contribution >= 4 is 78.8 Å². The lowest BCUT2D eigenvalue weighted by Gasteiger charge is -2.25. The zero-order valence-corrected chi connectivity index (χ0v) is 42.6. The SMILES string of the molecule is CC(C)(C)OC(=O)CCCCCBr.CN(CCCc1ccc(OC(CCCCCC(=O)O)C(=O)C(F)(F)F)cc1)CC(c1ccc(Cl)cc1)c1ccc(Cl)cc1.O=C(O)CCCCCBr.